The number of nitrogens with two attached hydrogens (primary N) is 1. The van der Waals surface area contributed by atoms with Gasteiger partial charge in [0.2, 0.25) is 0 Å². The van der Waals surface area contributed by atoms with Gasteiger partial charge in [-0.05, 0) is 24.3 Å². The summed E-state index contributed by atoms with van der Waals surface area (Å²) in [5.74, 6) is 0.540. The fourth-order valence-electron chi connectivity index (χ4n) is 1.51. The molecule has 2 aromatic rings. The smallest absolute Gasteiger partial charge is 0.0740 e. The molecule has 1 aromatic heterocycles. The number of halogens is 2. The molecular weight excluding hydrogens is 231 g/mol. The zero-order valence-electron chi connectivity index (χ0n) is 8.00. The van der Waals surface area contributed by atoms with Gasteiger partial charge >= 0.3 is 0 Å². The minimum atomic E-state index is 0.540. The third kappa shape index (κ3) is 2.16. The second-order valence-corrected chi connectivity index (χ2v) is 4.12. The first-order chi connectivity index (χ1) is 7.20. The van der Waals surface area contributed by atoms with E-state index in [0.717, 1.165) is 22.3 Å². The van der Waals surface area contributed by atoms with Crippen molar-refractivity contribution >= 4 is 39.8 Å². The lowest BCUT2D eigenvalue weighted by molar-refractivity contribution is 1.07. The van der Waals surface area contributed by atoms with Crippen LogP contribution >= 0.6 is 23.2 Å². The summed E-state index contributed by atoms with van der Waals surface area (Å²) in [5.41, 5.74) is 8.35. The maximum Gasteiger partial charge on any atom is 0.0740 e. The van der Waals surface area contributed by atoms with Crippen molar-refractivity contribution in [3.63, 3.8) is 0 Å². The van der Waals surface area contributed by atoms with E-state index in [4.69, 9.17) is 28.9 Å². The summed E-state index contributed by atoms with van der Waals surface area (Å²) in [7, 11) is 0. The van der Waals surface area contributed by atoms with Gasteiger partial charge in [-0.3, -0.25) is 4.98 Å². The molecule has 0 aliphatic heterocycles. The summed E-state index contributed by atoms with van der Waals surface area (Å²) in [6, 6.07) is 7.36. The lowest BCUT2D eigenvalue weighted by atomic mass is 10.1. The second-order valence-electron chi connectivity index (χ2n) is 3.30. The maximum atomic E-state index is 5.91. The number of hydrogen-bond acceptors (Lipinski definition) is 2. The van der Waals surface area contributed by atoms with Crippen molar-refractivity contribution in [2.45, 2.75) is 6.42 Å². The van der Waals surface area contributed by atoms with E-state index < -0.39 is 0 Å². The Hall–Kier alpha value is -0.990. The number of rotatable bonds is 2. The van der Waals surface area contributed by atoms with Crippen molar-refractivity contribution in [1.29, 1.82) is 0 Å². The van der Waals surface area contributed by atoms with E-state index >= 15 is 0 Å². The Morgan fingerprint density at radius 3 is 2.80 bits per heavy atom. The fourth-order valence-corrected chi connectivity index (χ4v) is 1.87. The summed E-state index contributed by atoms with van der Waals surface area (Å²) >= 11 is 11.6. The number of benzene rings is 1. The number of pyridine rings is 1. The van der Waals surface area contributed by atoms with Gasteiger partial charge < -0.3 is 5.73 Å². The van der Waals surface area contributed by atoms with Gasteiger partial charge in [-0.25, -0.2) is 0 Å². The minimum absolute atomic E-state index is 0.540. The van der Waals surface area contributed by atoms with Gasteiger partial charge in [0, 0.05) is 34.1 Å². The zero-order valence-corrected chi connectivity index (χ0v) is 9.52. The molecule has 1 aromatic carbocycles. The number of aryl methyl sites for hydroxylation is 1. The van der Waals surface area contributed by atoms with E-state index in [0.29, 0.717) is 17.3 Å². The van der Waals surface area contributed by atoms with Crippen LogP contribution in [0.4, 0.5) is 5.69 Å². The molecule has 0 unspecified atom stereocenters. The molecule has 0 saturated heterocycles. The molecule has 15 heavy (non-hydrogen) atoms. The molecule has 2 nitrogen and oxygen atoms in total. The van der Waals surface area contributed by atoms with Crippen LogP contribution in [-0.4, -0.2) is 10.9 Å². The molecule has 4 heteroatoms. The predicted molar refractivity (Wildman–Crippen MR) is 65.6 cm³/mol. The number of hydrogen-bond donors (Lipinski definition) is 1. The van der Waals surface area contributed by atoms with Crippen molar-refractivity contribution < 1.29 is 0 Å². The van der Waals surface area contributed by atoms with Crippen LogP contribution < -0.4 is 5.73 Å². The van der Waals surface area contributed by atoms with E-state index in [1.165, 1.54) is 0 Å². The summed E-state index contributed by atoms with van der Waals surface area (Å²) in [5, 5.41) is 1.59. The van der Waals surface area contributed by atoms with Gasteiger partial charge in [0.25, 0.3) is 0 Å². The molecule has 0 bridgehead atoms. The van der Waals surface area contributed by atoms with Crippen molar-refractivity contribution in [1.82, 2.24) is 4.98 Å². The highest BCUT2D eigenvalue weighted by atomic mass is 35.5. The predicted octanol–water partition coefficient (Wildman–Crippen LogP) is 3.25. The van der Waals surface area contributed by atoms with Crippen LogP contribution in [0, 0.1) is 0 Å². The summed E-state index contributed by atoms with van der Waals surface area (Å²) < 4.78 is 0. The van der Waals surface area contributed by atoms with Crippen molar-refractivity contribution in [2.24, 2.45) is 0 Å². The molecule has 78 valence electrons. The topological polar surface area (TPSA) is 38.9 Å². The quantitative estimate of drug-likeness (QED) is 0.819. The molecule has 0 spiro atoms. The molecule has 1 heterocycles. The lowest BCUT2D eigenvalue weighted by Crippen LogP contribution is -1.96. The van der Waals surface area contributed by atoms with Crippen LogP contribution in [0.1, 0.15) is 5.69 Å². The molecular formula is C11H10Cl2N2. The van der Waals surface area contributed by atoms with Crippen LogP contribution in [0.5, 0.6) is 0 Å². The van der Waals surface area contributed by atoms with Crippen LogP contribution in [-0.2, 0) is 6.42 Å². The monoisotopic (exact) mass is 240 g/mol. The third-order valence-electron chi connectivity index (χ3n) is 2.21. The molecule has 0 radical (unpaired) electrons. The molecule has 0 aliphatic rings. The molecule has 2 N–H and O–H groups in total. The standard InChI is InChI=1S/C11H10Cl2N2/c12-4-3-8-6-10(14)9-2-1-7(13)5-11(9)15-8/h1-2,5-6H,3-4H2,(H2,14,15). The Bertz CT molecular complexity index is 497. The molecule has 0 fully saturated rings. The van der Waals surface area contributed by atoms with Crippen molar-refractivity contribution in [3.05, 3.63) is 35.0 Å². The number of nitrogens with zero attached hydrogens (tertiary/aromatic N) is 1. The Kier molecular flexibility index (Phi) is 2.98. The first kappa shape index (κ1) is 10.5. The van der Waals surface area contributed by atoms with Gasteiger partial charge in [0.05, 0.1) is 5.52 Å². The van der Waals surface area contributed by atoms with E-state index in [-0.39, 0.29) is 0 Å². The fraction of sp³-hybridized carbons (Fsp3) is 0.182. The Morgan fingerprint density at radius 2 is 2.07 bits per heavy atom. The van der Waals surface area contributed by atoms with Gasteiger partial charge in [0.15, 0.2) is 0 Å². The van der Waals surface area contributed by atoms with Crippen LogP contribution in [0.2, 0.25) is 5.02 Å². The van der Waals surface area contributed by atoms with Crippen LogP contribution in [0.3, 0.4) is 0 Å². The molecule has 2 rings (SSSR count). The summed E-state index contributed by atoms with van der Waals surface area (Å²) in [6.07, 6.45) is 0.716. The van der Waals surface area contributed by atoms with Crippen LogP contribution in [0.25, 0.3) is 10.9 Å². The third-order valence-corrected chi connectivity index (χ3v) is 2.63. The number of aromatic nitrogens is 1. The van der Waals surface area contributed by atoms with Gasteiger partial charge in [-0.1, -0.05) is 11.6 Å². The van der Waals surface area contributed by atoms with Crippen molar-refractivity contribution in [3.8, 4) is 0 Å². The normalized spacial score (nSPS) is 10.8. The highest BCUT2D eigenvalue weighted by Gasteiger charge is 2.03. The number of nitrogen functional groups attached to an aromatic ring is 1. The minimum Gasteiger partial charge on any atom is -0.398 e. The summed E-state index contributed by atoms with van der Waals surface area (Å²) in [4.78, 5) is 4.44. The van der Waals surface area contributed by atoms with E-state index in [1.54, 1.807) is 0 Å². The van der Waals surface area contributed by atoms with Crippen molar-refractivity contribution in [2.75, 3.05) is 11.6 Å². The highest BCUT2D eigenvalue weighted by molar-refractivity contribution is 6.31. The Labute approximate surface area is 98.0 Å². The largest absolute Gasteiger partial charge is 0.398 e. The zero-order chi connectivity index (χ0) is 10.8. The number of fused-ring (bicyclic) bond motifs is 1. The first-order valence-corrected chi connectivity index (χ1v) is 5.52. The van der Waals surface area contributed by atoms with E-state index in [1.807, 2.05) is 24.3 Å². The number of anilines is 1. The average molecular weight is 241 g/mol. The number of alkyl halides is 1. The molecule has 0 saturated carbocycles. The molecule has 0 atom stereocenters. The lowest BCUT2D eigenvalue weighted by Gasteiger charge is -2.05. The maximum absolute atomic E-state index is 5.91. The summed E-state index contributed by atoms with van der Waals surface area (Å²) in [6.45, 7) is 0. The van der Waals surface area contributed by atoms with Gasteiger partial charge in [-0.15, -0.1) is 11.6 Å². The molecule has 0 amide bonds. The Morgan fingerprint density at radius 1 is 1.27 bits per heavy atom. The molecule has 0 aliphatic carbocycles. The van der Waals surface area contributed by atoms with Crippen LogP contribution in [0.15, 0.2) is 24.3 Å². The SMILES string of the molecule is Nc1cc(CCCl)nc2cc(Cl)ccc12. The van der Waals surface area contributed by atoms with Gasteiger partial charge in [0.1, 0.15) is 0 Å². The van der Waals surface area contributed by atoms with Gasteiger partial charge in [-0.2, -0.15) is 0 Å². The first-order valence-electron chi connectivity index (χ1n) is 4.61. The highest BCUT2D eigenvalue weighted by Crippen LogP contribution is 2.23. The second kappa shape index (κ2) is 4.25. The van der Waals surface area contributed by atoms with E-state index in [9.17, 15) is 0 Å². The van der Waals surface area contributed by atoms with E-state index in [2.05, 4.69) is 4.98 Å². The Balaban J connectivity index is 2.63. The average Bonchev–Trinajstić information content (AvgIpc) is 2.17.